The van der Waals surface area contributed by atoms with Crippen LogP contribution in [0.2, 0.25) is 0 Å². The lowest BCUT2D eigenvalue weighted by Gasteiger charge is -2.08. The maximum absolute atomic E-state index is 5.68. The number of ether oxygens (including phenoxy) is 2. The third-order valence-electron chi connectivity index (χ3n) is 1.90. The molecule has 0 amide bonds. The minimum atomic E-state index is 0.663. The van der Waals surface area contributed by atoms with Crippen molar-refractivity contribution in [3.05, 3.63) is 18.2 Å². The van der Waals surface area contributed by atoms with Gasteiger partial charge in [0.2, 0.25) is 0 Å². The molecule has 78 valence electrons. The van der Waals surface area contributed by atoms with E-state index >= 15 is 0 Å². The van der Waals surface area contributed by atoms with Crippen LogP contribution in [0.25, 0.3) is 0 Å². The van der Waals surface area contributed by atoms with E-state index in [-0.39, 0.29) is 0 Å². The quantitative estimate of drug-likeness (QED) is 0.579. The van der Waals surface area contributed by atoms with Gasteiger partial charge in [0, 0.05) is 23.9 Å². The molecular weight excluding hydrogens is 178 g/mol. The van der Waals surface area contributed by atoms with Crippen molar-refractivity contribution in [1.82, 2.24) is 0 Å². The highest BCUT2D eigenvalue weighted by molar-refractivity contribution is 5.50. The maximum atomic E-state index is 5.68. The Morgan fingerprint density at radius 2 is 1.93 bits per heavy atom. The van der Waals surface area contributed by atoms with Gasteiger partial charge in [0.15, 0.2) is 0 Å². The Hall–Kier alpha value is -1.38. The van der Waals surface area contributed by atoms with E-state index in [0.29, 0.717) is 5.69 Å². The number of hydrogen-bond acceptors (Lipinski definition) is 3. The summed E-state index contributed by atoms with van der Waals surface area (Å²) in [6, 6.07) is 5.41. The summed E-state index contributed by atoms with van der Waals surface area (Å²) in [7, 11) is 1.62. The van der Waals surface area contributed by atoms with Crippen LogP contribution in [-0.4, -0.2) is 13.7 Å². The van der Waals surface area contributed by atoms with Crippen molar-refractivity contribution in [3.63, 3.8) is 0 Å². The summed E-state index contributed by atoms with van der Waals surface area (Å²) in [6.07, 6.45) is 2.18. The topological polar surface area (TPSA) is 44.5 Å². The summed E-state index contributed by atoms with van der Waals surface area (Å²) in [5, 5.41) is 0. The van der Waals surface area contributed by atoms with E-state index in [1.54, 1.807) is 19.2 Å². The zero-order valence-electron chi connectivity index (χ0n) is 8.75. The van der Waals surface area contributed by atoms with Crippen LogP contribution in [-0.2, 0) is 0 Å². The van der Waals surface area contributed by atoms with Crippen LogP contribution >= 0.6 is 0 Å². The first kappa shape index (κ1) is 10.7. The highest BCUT2D eigenvalue weighted by Gasteiger charge is 1.99. The van der Waals surface area contributed by atoms with Crippen molar-refractivity contribution in [2.45, 2.75) is 19.8 Å². The molecule has 3 heteroatoms. The summed E-state index contributed by atoms with van der Waals surface area (Å²) >= 11 is 0. The summed E-state index contributed by atoms with van der Waals surface area (Å²) in [6.45, 7) is 2.85. The van der Waals surface area contributed by atoms with Gasteiger partial charge in [0.1, 0.15) is 11.5 Å². The Bertz CT molecular complexity index is 287. The second-order valence-corrected chi connectivity index (χ2v) is 3.14. The molecule has 0 bridgehead atoms. The largest absolute Gasteiger partial charge is 0.497 e. The third kappa shape index (κ3) is 3.17. The van der Waals surface area contributed by atoms with Crippen LogP contribution in [0.15, 0.2) is 18.2 Å². The van der Waals surface area contributed by atoms with Crippen LogP contribution in [0.3, 0.4) is 0 Å². The zero-order valence-corrected chi connectivity index (χ0v) is 8.75. The lowest BCUT2D eigenvalue weighted by Crippen LogP contribution is -1.98. The van der Waals surface area contributed by atoms with Gasteiger partial charge in [-0.25, -0.2) is 0 Å². The molecule has 0 aliphatic rings. The van der Waals surface area contributed by atoms with Crippen LogP contribution in [0.4, 0.5) is 5.69 Å². The Labute approximate surface area is 84.8 Å². The Kier molecular flexibility index (Phi) is 4.11. The van der Waals surface area contributed by atoms with Gasteiger partial charge in [0.05, 0.1) is 13.7 Å². The van der Waals surface area contributed by atoms with Gasteiger partial charge in [-0.2, -0.15) is 0 Å². The van der Waals surface area contributed by atoms with Crippen molar-refractivity contribution in [2.24, 2.45) is 0 Å². The molecule has 0 spiro atoms. The van der Waals surface area contributed by atoms with E-state index in [4.69, 9.17) is 15.2 Å². The number of anilines is 1. The number of unbranched alkanes of at least 4 members (excludes halogenated alkanes) is 1. The van der Waals surface area contributed by atoms with Crippen LogP contribution < -0.4 is 15.2 Å². The number of nitrogens with two attached hydrogens (primary N) is 1. The molecular formula is C11H17NO2. The van der Waals surface area contributed by atoms with E-state index in [2.05, 4.69) is 6.92 Å². The lowest BCUT2D eigenvalue weighted by atomic mass is 10.3. The van der Waals surface area contributed by atoms with Gasteiger partial charge in [-0.15, -0.1) is 0 Å². The fourth-order valence-electron chi connectivity index (χ4n) is 1.13. The second-order valence-electron chi connectivity index (χ2n) is 3.14. The molecule has 0 saturated carbocycles. The molecule has 0 aliphatic carbocycles. The van der Waals surface area contributed by atoms with Gasteiger partial charge in [0.25, 0.3) is 0 Å². The molecule has 0 aliphatic heterocycles. The standard InChI is InChI=1S/C11H17NO2/c1-3-4-5-14-11-7-9(12)6-10(8-11)13-2/h6-8H,3-5,12H2,1-2H3. The molecule has 3 nitrogen and oxygen atoms in total. The molecule has 1 aromatic rings. The second kappa shape index (κ2) is 5.37. The molecule has 0 aromatic heterocycles. The average Bonchev–Trinajstić information content (AvgIpc) is 2.17. The summed E-state index contributed by atoms with van der Waals surface area (Å²) < 4.78 is 10.6. The van der Waals surface area contributed by atoms with Crippen molar-refractivity contribution in [3.8, 4) is 11.5 Å². The molecule has 1 aromatic carbocycles. The van der Waals surface area contributed by atoms with Crippen molar-refractivity contribution >= 4 is 5.69 Å². The van der Waals surface area contributed by atoms with E-state index in [1.807, 2.05) is 6.07 Å². The van der Waals surface area contributed by atoms with E-state index in [1.165, 1.54) is 0 Å². The molecule has 1 rings (SSSR count). The highest BCUT2D eigenvalue weighted by atomic mass is 16.5. The first-order valence-electron chi connectivity index (χ1n) is 4.83. The summed E-state index contributed by atoms with van der Waals surface area (Å²) in [5.74, 6) is 1.51. The number of nitrogen functional groups attached to an aromatic ring is 1. The van der Waals surface area contributed by atoms with Crippen LogP contribution in [0.5, 0.6) is 11.5 Å². The highest BCUT2D eigenvalue weighted by Crippen LogP contribution is 2.24. The Morgan fingerprint density at radius 1 is 1.21 bits per heavy atom. The average molecular weight is 195 g/mol. The fraction of sp³-hybridized carbons (Fsp3) is 0.455. The lowest BCUT2D eigenvalue weighted by molar-refractivity contribution is 0.307. The first-order valence-corrected chi connectivity index (χ1v) is 4.83. The minimum absolute atomic E-state index is 0.663. The fourth-order valence-corrected chi connectivity index (χ4v) is 1.13. The van der Waals surface area contributed by atoms with Crippen molar-refractivity contribution in [2.75, 3.05) is 19.5 Å². The minimum Gasteiger partial charge on any atom is -0.497 e. The summed E-state index contributed by atoms with van der Waals surface area (Å²) in [4.78, 5) is 0. The van der Waals surface area contributed by atoms with Gasteiger partial charge >= 0.3 is 0 Å². The molecule has 14 heavy (non-hydrogen) atoms. The predicted octanol–water partition coefficient (Wildman–Crippen LogP) is 2.46. The molecule has 0 unspecified atom stereocenters. The molecule has 0 heterocycles. The SMILES string of the molecule is CCCCOc1cc(N)cc(OC)c1. The van der Waals surface area contributed by atoms with Gasteiger partial charge in [-0.05, 0) is 6.42 Å². The normalized spacial score (nSPS) is 9.86. The monoisotopic (exact) mass is 195 g/mol. The van der Waals surface area contributed by atoms with Crippen LogP contribution in [0.1, 0.15) is 19.8 Å². The number of rotatable bonds is 5. The van der Waals surface area contributed by atoms with Crippen molar-refractivity contribution < 1.29 is 9.47 Å². The number of methoxy groups -OCH3 is 1. The van der Waals surface area contributed by atoms with Gasteiger partial charge in [-0.1, -0.05) is 13.3 Å². The molecule has 0 fully saturated rings. The van der Waals surface area contributed by atoms with E-state index < -0.39 is 0 Å². The summed E-state index contributed by atoms with van der Waals surface area (Å²) in [5.41, 5.74) is 6.34. The van der Waals surface area contributed by atoms with E-state index in [0.717, 1.165) is 30.9 Å². The van der Waals surface area contributed by atoms with E-state index in [9.17, 15) is 0 Å². The molecule has 0 radical (unpaired) electrons. The maximum Gasteiger partial charge on any atom is 0.125 e. The third-order valence-corrected chi connectivity index (χ3v) is 1.90. The van der Waals surface area contributed by atoms with Gasteiger partial charge in [-0.3, -0.25) is 0 Å². The number of hydrogen-bond donors (Lipinski definition) is 1. The van der Waals surface area contributed by atoms with Crippen LogP contribution in [0, 0.1) is 0 Å². The molecule has 2 N–H and O–H groups in total. The zero-order chi connectivity index (χ0) is 10.4. The molecule has 0 atom stereocenters. The molecule has 0 saturated heterocycles. The van der Waals surface area contributed by atoms with Gasteiger partial charge < -0.3 is 15.2 Å². The first-order chi connectivity index (χ1) is 6.76. The smallest absolute Gasteiger partial charge is 0.125 e. The number of benzene rings is 1. The Balaban J connectivity index is 2.62. The predicted molar refractivity (Wildman–Crippen MR) is 57.8 cm³/mol. The van der Waals surface area contributed by atoms with Crippen molar-refractivity contribution in [1.29, 1.82) is 0 Å². The Morgan fingerprint density at radius 3 is 2.57 bits per heavy atom.